The number of rotatable bonds is 12. The van der Waals surface area contributed by atoms with E-state index in [1.807, 2.05) is 24.3 Å². The fraction of sp³-hybridized carbons (Fsp3) is 0.500. The van der Waals surface area contributed by atoms with E-state index in [1.165, 1.54) is 50.5 Å². The van der Waals surface area contributed by atoms with E-state index in [0.717, 1.165) is 17.5 Å². The van der Waals surface area contributed by atoms with Gasteiger partial charge in [0.2, 0.25) is 0 Å². The first-order chi connectivity index (χ1) is 13.6. The number of ether oxygens (including phenoxy) is 1. The van der Waals surface area contributed by atoms with Crippen molar-refractivity contribution >= 4 is 5.97 Å². The number of aryl methyl sites for hydroxylation is 1. The van der Waals surface area contributed by atoms with Crippen molar-refractivity contribution in [3.63, 3.8) is 0 Å². The van der Waals surface area contributed by atoms with Crippen LogP contribution in [0.5, 0.6) is 0 Å². The quantitative estimate of drug-likeness (QED) is 0.280. The second-order valence-corrected chi connectivity index (χ2v) is 7.90. The van der Waals surface area contributed by atoms with Gasteiger partial charge in [0.05, 0.1) is 12.2 Å². The molecule has 2 aromatic carbocycles. The van der Waals surface area contributed by atoms with Gasteiger partial charge in [-0.1, -0.05) is 94.3 Å². The SMILES string of the molecule is CCCCCCC(CCCC)COC(=O)c1ccc(-c2ccc(C)cc2)cc1. The van der Waals surface area contributed by atoms with E-state index < -0.39 is 0 Å². The summed E-state index contributed by atoms with van der Waals surface area (Å²) in [6.07, 6.45) is 9.81. The van der Waals surface area contributed by atoms with Crippen molar-refractivity contribution in [2.75, 3.05) is 6.61 Å². The van der Waals surface area contributed by atoms with Crippen LogP contribution >= 0.6 is 0 Å². The monoisotopic (exact) mass is 380 g/mol. The van der Waals surface area contributed by atoms with Crippen LogP contribution in [0.3, 0.4) is 0 Å². The largest absolute Gasteiger partial charge is 0.462 e. The maximum Gasteiger partial charge on any atom is 0.338 e. The summed E-state index contributed by atoms with van der Waals surface area (Å²) in [5.74, 6) is 0.290. The van der Waals surface area contributed by atoms with Gasteiger partial charge in [-0.2, -0.15) is 0 Å². The maximum atomic E-state index is 12.5. The third kappa shape index (κ3) is 7.50. The van der Waals surface area contributed by atoms with E-state index in [2.05, 4.69) is 45.0 Å². The van der Waals surface area contributed by atoms with Gasteiger partial charge in [-0.25, -0.2) is 4.79 Å². The molecule has 152 valence electrons. The number of esters is 1. The summed E-state index contributed by atoms with van der Waals surface area (Å²) >= 11 is 0. The first-order valence-corrected chi connectivity index (χ1v) is 11.0. The molecule has 2 heteroatoms. The predicted molar refractivity (Wildman–Crippen MR) is 119 cm³/mol. The van der Waals surface area contributed by atoms with E-state index in [-0.39, 0.29) is 5.97 Å². The van der Waals surface area contributed by atoms with E-state index in [0.29, 0.717) is 18.1 Å². The highest BCUT2D eigenvalue weighted by molar-refractivity contribution is 5.90. The first kappa shape index (κ1) is 22.2. The lowest BCUT2D eigenvalue weighted by atomic mass is 9.96. The van der Waals surface area contributed by atoms with Gasteiger partial charge >= 0.3 is 5.97 Å². The van der Waals surface area contributed by atoms with Gasteiger partial charge in [0, 0.05) is 0 Å². The molecular formula is C26H36O2. The van der Waals surface area contributed by atoms with Crippen molar-refractivity contribution in [3.05, 3.63) is 59.7 Å². The van der Waals surface area contributed by atoms with Crippen molar-refractivity contribution in [2.45, 2.75) is 72.1 Å². The molecule has 0 aliphatic heterocycles. The Morgan fingerprint density at radius 2 is 1.36 bits per heavy atom. The molecular weight excluding hydrogens is 344 g/mol. The number of carbonyl (C=O) groups is 1. The van der Waals surface area contributed by atoms with Gasteiger partial charge < -0.3 is 4.74 Å². The molecule has 0 aromatic heterocycles. The highest BCUT2D eigenvalue weighted by Gasteiger charge is 2.13. The molecule has 0 spiro atoms. The molecule has 0 N–H and O–H groups in total. The highest BCUT2D eigenvalue weighted by Crippen LogP contribution is 2.22. The van der Waals surface area contributed by atoms with Crippen molar-refractivity contribution in [3.8, 4) is 11.1 Å². The molecule has 0 bridgehead atoms. The van der Waals surface area contributed by atoms with Gasteiger partial charge in [0.1, 0.15) is 0 Å². The fourth-order valence-electron chi connectivity index (χ4n) is 3.49. The topological polar surface area (TPSA) is 26.3 Å². The molecule has 0 amide bonds. The molecule has 0 saturated carbocycles. The van der Waals surface area contributed by atoms with Gasteiger partial charge in [-0.05, 0) is 48.9 Å². The third-order valence-electron chi connectivity index (χ3n) is 5.39. The smallest absolute Gasteiger partial charge is 0.338 e. The van der Waals surface area contributed by atoms with Crippen molar-refractivity contribution < 1.29 is 9.53 Å². The van der Waals surface area contributed by atoms with Crippen LogP contribution in [0, 0.1) is 12.8 Å². The Bertz CT molecular complexity index is 685. The number of benzene rings is 2. The molecule has 0 radical (unpaired) electrons. The maximum absolute atomic E-state index is 12.5. The van der Waals surface area contributed by atoms with E-state index in [1.54, 1.807) is 0 Å². The summed E-state index contributed by atoms with van der Waals surface area (Å²) in [7, 11) is 0. The van der Waals surface area contributed by atoms with Crippen molar-refractivity contribution in [2.24, 2.45) is 5.92 Å². The van der Waals surface area contributed by atoms with Gasteiger partial charge in [-0.3, -0.25) is 0 Å². The van der Waals surface area contributed by atoms with Crippen molar-refractivity contribution in [1.29, 1.82) is 0 Å². The Morgan fingerprint density at radius 3 is 1.96 bits per heavy atom. The number of carbonyl (C=O) groups excluding carboxylic acids is 1. The molecule has 0 aliphatic carbocycles. The van der Waals surface area contributed by atoms with Crippen LogP contribution in [0.25, 0.3) is 11.1 Å². The molecule has 2 nitrogen and oxygen atoms in total. The Morgan fingerprint density at radius 1 is 0.786 bits per heavy atom. The summed E-state index contributed by atoms with van der Waals surface area (Å²) in [6.45, 7) is 7.08. The van der Waals surface area contributed by atoms with E-state index >= 15 is 0 Å². The van der Waals surface area contributed by atoms with Gasteiger partial charge in [0.15, 0.2) is 0 Å². The Balaban J connectivity index is 1.88. The fourth-order valence-corrected chi connectivity index (χ4v) is 3.49. The second kappa shape index (κ2) is 12.4. The zero-order valence-electron chi connectivity index (χ0n) is 17.9. The molecule has 0 saturated heterocycles. The molecule has 0 heterocycles. The summed E-state index contributed by atoms with van der Waals surface area (Å²) in [4.78, 5) is 12.5. The zero-order chi connectivity index (χ0) is 20.2. The Hall–Kier alpha value is -2.09. The minimum absolute atomic E-state index is 0.203. The molecule has 2 aromatic rings. The number of unbranched alkanes of at least 4 members (excludes halogenated alkanes) is 4. The van der Waals surface area contributed by atoms with Crippen LogP contribution in [0.4, 0.5) is 0 Å². The van der Waals surface area contributed by atoms with Crippen LogP contribution in [0.1, 0.15) is 81.1 Å². The highest BCUT2D eigenvalue weighted by atomic mass is 16.5. The van der Waals surface area contributed by atoms with E-state index in [9.17, 15) is 4.79 Å². The minimum Gasteiger partial charge on any atom is -0.462 e. The molecule has 0 aliphatic rings. The Kier molecular flexibility index (Phi) is 9.82. The second-order valence-electron chi connectivity index (χ2n) is 7.90. The standard InChI is InChI=1S/C26H36O2/c1-4-6-8-9-11-22(10-7-5-2)20-28-26(27)25-18-16-24(17-19-25)23-14-12-21(3)13-15-23/h12-19,22H,4-11,20H2,1-3H3. The number of hydrogen-bond acceptors (Lipinski definition) is 2. The van der Waals surface area contributed by atoms with Gasteiger partial charge in [0.25, 0.3) is 0 Å². The van der Waals surface area contributed by atoms with Crippen LogP contribution in [-0.2, 0) is 4.74 Å². The number of hydrogen-bond donors (Lipinski definition) is 0. The summed E-state index contributed by atoms with van der Waals surface area (Å²) < 4.78 is 5.67. The van der Waals surface area contributed by atoms with Crippen LogP contribution in [0.2, 0.25) is 0 Å². The molecule has 2 rings (SSSR count). The van der Waals surface area contributed by atoms with Gasteiger partial charge in [-0.15, -0.1) is 0 Å². The summed E-state index contributed by atoms with van der Waals surface area (Å²) in [5, 5.41) is 0. The predicted octanol–water partition coefficient (Wildman–Crippen LogP) is 7.60. The zero-order valence-corrected chi connectivity index (χ0v) is 17.9. The average Bonchev–Trinajstić information content (AvgIpc) is 2.73. The van der Waals surface area contributed by atoms with Crippen LogP contribution in [-0.4, -0.2) is 12.6 Å². The lowest BCUT2D eigenvalue weighted by molar-refractivity contribution is 0.0422. The minimum atomic E-state index is -0.203. The Labute approximate surface area is 171 Å². The van der Waals surface area contributed by atoms with E-state index in [4.69, 9.17) is 4.74 Å². The molecule has 1 atom stereocenters. The normalized spacial score (nSPS) is 12.0. The lowest BCUT2D eigenvalue weighted by Gasteiger charge is -2.17. The van der Waals surface area contributed by atoms with Crippen molar-refractivity contribution in [1.82, 2.24) is 0 Å². The average molecular weight is 381 g/mol. The molecule has 1 unspecified atom stereocenters. The molecule has 0 fully saturated rings. The van der Waals surface area contributed by atoms with Crippen LogP contribution < -0.4 is 0 Å². The summed E-state index contributed by atoms with van der Waals surface area (Å²) in [5.41, 5.74) is 4.16. The lowest BCUT2D eigenvalue weighted by Crippen LogP contribution is -2.14. The first-order valence-electron chi connectivity index (χ1n) is 11.0. The summed E-state index contributed by atoms with van der Waals surface area (Å²) in [6, 6.07) is 16.2. The van der Waals surface area contributed by atoms with Crippen LogP contribution in [0.15, 0.2) is 48.5 Å². The third-order valence-corrected chi connectivity index (χ3v) is 5.39. The molecule has 28 heavy (non-hydrogen) atoms.